The summed E-state index contributed by atoms with van der Waals surface area (Å²) in [6.45, 7) is 15.5. The Morgan fingerprint density at radius 3 is 2.61 bits per heavy atom. The molecule has 0 saturated heterocycles. The van der Waals surface area contributed by atoms with Gasteiger partial charge in [-0.15, -0.1) is 6.58 Å². The van der Waals surface area contributed by atoms with E-state index < -0.39 is 11.6 Å². The van der Waals surface area contributed by atoms with Gasteiger partial charge in [-0.3, -0.25) is 0 Å². The van der Waals surface area contributed by atoms with E-state index in [1.54, 1.807) is 6.08 Å². The van der Waals surface area contributed by atoms with E-state index in [2.05, 4.69) is 59.4 Å². The summed E-state index contributed by atoms with van der Waals surface area (Å²) in [6, 6.07) is 6.00. The Morgan fingerprint density at radius 2 is 1.94 bits per heavy atom. The number of aromatic carboxylic acids is 1. The van der Waals surface area contributed by atoms with Gasteiger partial charge in [0.15, 0.2) is 0 Å². The van der Waals surface area contributed by atoms with Crippen molar-refractivity contribution in [2.24, 2.45) is 23.2 Å². The van der Waals surface area contributed by atoms with E-state index in [4.69, 9.17) is 0 Å². The molecule has 0 amide bonds. The summed E-state index contributed by atoms with van der Waals surface area (Å²) in [7, 11) is 0. The van der Waals surface area contributed by atoms with Crippen LogP contribution in [0.25, 0.3) is 0 Å². The SMILES string of the molecule is C=CC[C@@]1(O)CC/C(C)=C\CC[C@]2(C)[C@@H]([C@H](C)CCCC(C)C)CC[C@H]2c2ccc(cc2C(=O)O)C1. The Kier molecular flexibility index (Phi) is 9.66. The largest absolute Gasteiger partial charge is 0.478 e. The number of hydrogen-bond donors (Lipinski definition) is 2. The fourth-order valence-corrected chi connectivity index (χ4v) is 7.39. The van der Waals surface area contributed by atoms with Crippen molar-refractivity contribution in [3.8, 4) is 0 Å². The van der Waals surface area contributed by atoms with Crippen LogP contribution in [-0.2, 0) is 6.42 Å². The minimum absolute atomic E-state index is 0.0768. The van der Waals surface area contributed by atoms with Gasteiger partial charge in [0, 0.05) is 6.42 Å². The third kappa shape index (κ3) is 6.71. The molecule has 0 aromatic heterocycles. The highest BCUT2D eigenvalue weighted by molar-refractivity contribution is 5.90. The van der Waals surface area contributed by atoms with Crippen LogP contribution in [0.3, 0.4) is 0 Å². The molecule has 0 radical (unpaired) electrons. The van der Waals surface area contributed by atoms with Crippen LogP contribution in [-0.4, -0.2) is 21.8 Å². The zero-order valence-electron chi connectivity index (χ0n) is 23.5. The van der Waals surface area contributed by atoms with Crippen LogP contribution in [0, 0.1) is 23.2 Å². The first-order valence-corrected chi connectivity index (χ1v) is 14.3. The molecule has 200 valence electrons. The van der Waals surface area contributed by atoms with Crippen LogP contribution >= 0.6 is 0 Å². The van der Waals surface area contributed by atoms with Crippen LogP contribution in [0.4, 0.5) is 0 Å². The van der Waals surface area contributed by atoms with Gasteiger partial charge in [0.25, 0.3) is 0 Å². The monoisotopic (exact) mass is 494 g/mol. The highest BCUT2D eigenvalue weighted by Crippen LogP contribution is 2.59. The van der Waals surface area contributed by atoms with Gasteiger partial charge < -0.3 is 10.2 Å². The number of allylic oxidation sites excluding steroid dienone is 2. The van der Waals surface area contributed by atoms with E-state index in [1.165, 1.54) is 31.3 Å². The third-order valence-corrected chi connectivity index (χ3v) is 9.48. The van der Waals surface area contributed by atoms with E-state index in [0.717, 1.165) is 42.7 Å². The van der Waals surface area contributed by atoms with Crippen molar-refractivity contribution in [1.82, 2.24) is 0 Å². The lowest BCUT2D eigenvalue weighted by molar-refractivity contribution is 0.0348. The zero-order valence-corrected chi connectivity index (χ0v) is 23.5. The van der Waals surface area contributed by atoms with Gasteiger partial charge in [-0.05, 0) is 98.1 Å². The van der Waals surface area contributed by atoms with Crippen LogP contribution in [0.15, 0.2) is 42.5 Å². The van der Waals surface area contributed by atoms with Gasteiger partial charge in [-0.2, -0.15) is 0 Å². The molecule has 3 nitrogen and oxygen atoms in total. The lowest BCUT2D eigenvalue weighted by Crippen LogP contribution is -2.33. The number of benzene rings is 1. The van der Waals surface area contributed by atoms with Gasteiger partial charge in [0.2, 0.25) is 0 Å². The second kappa shape index (κ2) is 12.1. The molecule has 5 atom stereocenters. The van der Waals surface area contributed by atoms with Crippen molar-refractivity contribution in [3.05, 3.63) is 59.2 Å². The van der Waals surface area contributed by atoms with E-state index in [1.807, 2.05) is 6.07 Å². The van der Waals surface area contributed by atoms with E-state index in [0.29, 0.717) is 36.7 Å². The number of carboxylic acids is 1. The summed E-state index contributed by atoms with van der Waals surface area (Å²) < 4.78 is 0. The Hall–Kier alpha value is -1.87. The minimum atomic E-state index is -0.906. The standard InChI is InChI=1S/C33H50O3/c1-7-18-33(36)20-17-24(4)11-9-19-32(6)29(25(5)12-8-10-23(2)3)15-16-30(32)27-14-13-26(22-33)21-28(27)31(34)35/h7,11,13-14,21,23,25,29-30,36H,1,8-10,12,15-20,22H2,2-6H3,(H,34,35)/b24-11-/t25-,29-,30+,32-,33-/m1/s1. The van der Waals surface area contributed by atoms with Crippen LogP contribution in [0.1, 0.15) is 126 Å². The molecular weight excluding hydrogens is 444 g/mol. The van der Waals surface area contributed by atoms with Gasteiger partial charge >= 0.3 is 5.97 Å². The number of carbonyl (C=O) groups is 1. The van der Waals surface area contributed by atoms with Crippen molar-refractivity contribution in [2.75, 3.05) is 0 Å². The topological polar surface area (TPSA) is 57.5 Å². The quantitative estimate of drug-likeness (QED) is 0.355. The highest BCUT2D eigenvalue weighted by atomic mass is 16.4. The first-order valence-electron chi connectivity index (χ1n) is 14.3. The van der Waals surface area contributed by atoms with E-state index in [9.17, 15) is 15.0 Å². The molecule has 0 unspecified atom stereocenters. The molecule has 3 heteroatoms. The number of aliphatic hydroxyl groups is 1. The smallest absolute Gasteiger partial charge is 0.335 e. The normalized spacial score (nSPS) is 31.4. The third-order valence-electron chi connectivity index (χ3n) is 9.48. The van der Waals surface area contributed by atoms with Crippen molar-refractivity contribution >= 4 is 5.97 Å². The fourth-order valence-electron chi connectivity index (χ4n) is 7.39. The highest BCUT2D eigenvalue weighted by Gasteiger charge is 2.49. The summed E-state index contributed by atoms with van der Waals surface area (Å²) in [4.78, 5) is 12.5. The maximum Gasteiger partial charge on any atom is 0.335 e. The molecule has 2 bridgehead atoms. The Bertz CT molecular complexity index is 944. The maximum atomic E-state index is 12.5. The molecule has 3 aliphatic carbocycles. The molecule has 3 aliphatic rings. The zero-order chi connectivity index (χ0) is 26.5. The van der Waals surface area contributed by atoms with E-state index >= 15 is 0 Å². The van der Waals surface area contributed by atoms with Gasteiger partial charge in [0.05, 0.1) is 11.2 Å². The van der Waals surface area contributed by atoms with Crippen molar-refractivity contribution < 1.29 is 15.0 Å². The Balaban J connectivity index is 2.02. The lowest BCUT2D eigenvalue weighted by atomic mass is 9.63. The minimum Gasteiger partial charge on any atom is -0.478 e. The van der Waals surface area contributed by atoms with Gasteiger partial charge in [-0.25, -0.2) is 4.79 Å². The molecule has 0 heterocycles. The van der Waals surface area contributed by atoms with Crippen molar-refractivity contribution in [3.63, 3.8) is 0 Å². The van der Waals surface area contributed by atoms with Crippen LogP contribution < -0.4 is 0 Å². The number of hydrogen-bond acceptors (Lipinski definition) is 2. The summed E-state index contributed by atoms with van der Waals surface area (Å²) in [5.74, 6) is 1.39. The number of fused-ring (bicyclic) bond motifs is 8. The first kappa shape index (κ1) is 28.7. The van der Waals surface area contributed by atoms with E-state index in [-0.39, 0.29) is 11.3 Å². The molecular formula is C33H50O3. The maximum absolute atomic E-state index is 12.5. The van der Waals surface area contributed by atoms with Crippen LogP contribution in [0.5, 0.6) is 0 Å². The molecule has 0 spiro atoms. The fraction of sp³-hybridized carbons (Fsp3) is 0.667. The average Bonchev–Trinajstić information content (AvgIpc) is 3.14. The molecule has 4 rings (SSSR count). The predicted octanol–water partition coefficient (Wildman–Crippen LogP) is 8.72. The lowest BCUT2D eigenvalue weighted by Gasteiger charge is -2.41. The second-order valence-electron chi connectivity index (χ2n) is 12.8. The van der Waals surface area contributed by atoms with Gasteiger partial charge in [0.1, 0.15) is 0 Å². The molecule has 1 fully saturated rings. The average molecular weight is 495 g/mol. The molecule has 1 saturated carbocycles. The second-order valence-corrected chi connectivity index (χ2v) is 12.8. The molecule has 36 heavy (non-hydrogen) atoms. The van der Waals surface area contributed by atoms with Crippen LogP contribution in [0.2, 0.25) is 0 Å². The van der Waals surface area contributed by atoms with Gasteiger partial charge in [-0.1, -0.05) is 76.8 Å². The Labute approximate surface area is 220 Å². The van der Waals surface area contributed by atoms with Crippen molar-refractivity contribution in [2.45, 2.75) is 117 Å². The molecule has 1 aromatic rings. The summed E-state index contributed by atoms with van der Waals surface area (Å²) >= 11 is 0. The summed E-state index contributed by atoms with van der Waals surface area (Å²) in [5, 5.41) is 21.7. The summed E-state index contributed by atoms with van der Waals surface area (Å²) in [5.41, 5.74) is 2.84. The predicted molar refractivity (Wildman–Crippen MR) is 151 cm³/mol. The first-order chi connectivity index (χ1) is 17.0. The number of rotatable bonds is 8. The van der Waals surface area contributed by atoms with Crippen molar-refractivity contribution in [1.29, 1.82) is 0 Å². The molecule has 0 aliphatic heterocycles. The number of carboxylic acid groups (broad SMARTS) is 1. The Morgan fingerprint density at radius 1 is 1.19 bits per heavy atom. The summed E-state index contributed by atoms with van der Waals surface area (Å²) in [6.07, 6.45) is 14.7. The molecule has 2 N–H and O–H groups in total. The molecule has 1 aromatic carbocycles.